The summed E-state index contributed by atoms with van der Waals surface area (Å²) in [6, 6.07) is 8.78. The lowest BCUT2D eigenvalue weighted by molar-refractivity contribution is -0.122. The van der Waals surface area contributed by atoms with Crippen molar-refractivity contribution in [1.82, 2.24) is 9.80 Å². The maximum atomic E-state index is 11.3. The van der Waals surface area contributed by atoms with E-state index < -0.39 is 0 Å². The third-order valence-electron chi connectivity index (χ3n) is 4.66. The molecule has 0 aliphatic carbocycles. The molecule has 0 spiro atoms. The summed E-state index contributed by atoms with van der Waals surface area (Å²) in [5.41, 5.74) is 2.62. The van der Waals surface area contributed by atoms with Crippen LogP contribution in [0.3, 0.4) is 0 Å². The number of piperidine rings is 2. The lowest BCUT2D eigenvalue weighted by Gasteiger charge is -2.27. The predicted molar refractivity (Wildman–Crippen MR) is 85.5 cm³/mol. The maximum Gasteiger partial charge on any atom is 0.135 e. The van der Waals surface area contributed by atoms with Crippen LogP contribution in [0.15, 0.2) is 24.3 Å². The molecule has 0 bridgehead atoms. The Bertz CT molecular complexity index is 470. The Kier molecular flexibility index (Phi) is 5.01. The molecule has 2 saturated heterocycles. The van der Waals surface area contributed by atoms with Gasteiger partial charge in [0.2, 0.25) is 0 Å². The topological polar surface area (TPSA) is 40.6 Å². The number of ketones is 2. The second kappa shape index (κ2) is 7.16. The van der Waals surface area contributed by atoms with Gasteiger partial charge in [-0.3, -0.25) is 19.4 Å². The van der Waals surface area contributed by atoms with Crippen LogP contribution in [0.25, 0.3) is 0 Å². The van der Waals surface area contributed by atoms with E-state index in [0.29, 0.717) is 37.2 Å². The highest BCUT2D eigenvalue weighted by Crippen LogP contribution is 2.14. The predicted octanol–water partition coefficient (Wildman–Crippen LogP) is 2.02. The summed E-state index contributed by atoms with van der Waals surface area (Å²) in [7, 11) is 0. The number of benzene rings is 1. The van der Waals surface area contributed by atoms with E-state index in [4.69, 9.17) is 0 Å². The molecule has 2 fully saturated rings. The smallest absolute Gasteiger partial charge is 0.135 e. The third kappa shape index (κ3) is 4.24. The molecule has 0 amide bonds. The standard InChI is InChI=1S/C18H24N2O2/c21-17-5-9-19(10-6-17)13-15-1-2-16(4-3-15)14-20-11-7-18(22)8-12-20/h1-4H,5-14H2. The van der Waals surface area contributed by atoms with Crippen LogP contribution in [-0.4, -0.2) is 47.5 Å². The van der Waals surface area contributed by atoms with Crippen molar-refractivity contribution in [3.63, 3.8) is 0 Å². The number of hydrogen-bond donors (Lipinski definition) is 0. The summed E-state index contributed by atoms with van der Waals surface area (Å²) < 4.78 is 0. The maximum absolute atomic E-state index is 11.3. The Morgan fingerprint density at radius 1 is 0.636 bits per heavy atom. The van der Waals surface area contributed by atoms with Crippen LogP contribution in [-0.2, 0) is 22.7 Å². The van der Waals surface area contributed by atoms with Gasteiger partial charge in [-0.25, -0.2) is 0 Å². The summed E-state index contributed by atoms with van der Waals surface area (Å²) in [6.45, 7) is 5.44. The number of nitrogens with zero attached hydrogens (tertiary/aromatic N) is 2. The van der Waals surface area contributed by atoms with Crippen LogP contribution in [0.4, 0.5) is 0 Å². The van der Waals surface area contributed by atoms with Gasteiger partial charge in [-0.2, -0.15) is 0 Å². The molecule has 4 heteroatoms. The van der Waals surface area contributed by atoms with Crippen molar-refractivity contribution in [2.45, 2.75) is 38.8 Å². The Morgan fingerprint density at radius 2 is 0.955 bits per heavy atom. The van der Waals surface area contributed by atoms with Crippen molar-refractivity contribution < 1.29 is 9.59 Å². The summed E-state index contributed by atoms with van der Waals surface area (Å²) in [5, 5.41) is 0. The zero-order valence-corrected chi connectivity index (χ0v) is 13.1. The molecule has 2 heterocycles. The molecule has 0 unspecified atom stereocenters. The van der Waals surface area contributed by atoms with Gasteiger partial charge < -0.3 is 0 Å². The van der Waals surface area contributed by atoms with Crippen molar-refractivity contribution in [3.8, 4) is 0 Å². The van der Waals surface area contributed by atoms with Crippen molar-refractivity contribution >= 4 is 11.6 Å². The molecule has 0 N–H and O–H groups in total. The summed E-state index contributed by atoms with van der Waals surface area (Å²) >= 11 is 0. The molecule has 0 radical (unpaired) electrons. The van der Waals surface area contributed by atoms with Crippen LogP contribution in [0.5, 0.6) is 0 Å². The van der Waals surface area contributed by atoms with E-state index in [9.17, 15) is 9.59 Å². The van der Waals surface area contributed by atoms with E-state index in [-0.39, 0.29) is 0 Å². The first-order chi connectivity index (χ1) is 10.7. The molecule has 0 atom stereocenters. The fourth-order valence-electron chi connectivity index (χ4n) is 3.19. The van der Waals surface area contributed by atoms with Crippen molar-refractivity contribution in [2.75, 3.05) is 26.2 Å². The van der Waals surface area contributed by atoms with Gasteiger partial charge in [-0.1, -0.05) is 24.3 Å². The molecule has 1 aromatic carbocycles. The minimum atomic E-state index is 0.395. The minimum absolute atomic E-state index is 0.395. The van der Waals surface area contributed by atoms with E-state index in [1.807, 2.05) is 0 Å². The first-order valence-electron chi connectivity index (χ1n) is 8.25. The van der Waals surface area contributed by atoms with Crippen LogP contribution >= 0.6 is 0 Å². The molecule has 1 aromatic rings. The molecule has 0 saturated carbocycles. The molecular formula is C18H24N2O2. The first-order valence-corrected chi connectivity index (χ1v) is 8.25. The summed E-state index contributed by atoms with van der Waals surface area (Å²) in [6.07, 6.45) is 2.80. The van der Waals surface area contributed by atoms with E-state index in [1.54, 1.807) is 0 Å². The molecule has 2 aliphatic heterocycles. The Labute approximate surface area is 132 Å². The van der Waals surface area contributed by atoms with Crippen molar-refractivity contribution in [1.29, 1.82) is 0 Å². The SMILES string of the molecule is O=C1CCN(Cc2ccc(CN3CCC(=O)CC3)cc2)CC1. The second-order valence-corrected chi connectivity index (χ2v) is 6.45. The number of carbonyl (C=O) groups excluding carboxylic acids is 2. The number of Topliss-reactive ketones (excluding diaryl/α,β-unsaturated/α-hetero) is 2. The molecule has 3 rings (SSSR count). The third-order valence-corrected chi connectivity index (χ3v) is 4.66. The van der Waals surface area contributed by atoms with Crippen LogP contribution in [0.2, 0.25) is 0 Å². The Balaban J connectivity index is 1.49. The lowest BCUT2D eigenvalue weighted by Crippen LogP contribution is -2.33. The van der Waals surface area contributed by atoms with Crippen molar-refractivity contribution in [2.24, 2.45) is 0 Å². The van der Waals surface area contributed by atoms with Gasteiger partial charge in [0.1, 0.15) is 11.6 Å². The fraction of sp³-hybridized carbons (Fsp3) is 0.556. The zero-order valence-electron chi connectivity index (χ0n) is 13.1. The highest BCUT2D eigenvalue weighted by atomic mass is 16.1. The van der Waals surface area contributed by atoms with Crippen LogP contribution < -0.4 is 0 Å². The molecule has 2 aliphatic rings. The average molecular weight is 300 g/mol. The Hall–Kier alpha value is -1.52. The zero-order chi connectivity index (χ0) is 15.4. The molecule has 22 heavy (non-hydrogen) atoms. The summed E-state index contributed by atoms with van der Waals surface area (Å²) in [5.74, 6) is 0.790. The van der Waals surface area contributed by atoms with Gasteiger partial charge in [0, 0.05) is 65.0 Å². The summed E-state index contributed by atoms with van der Waals surface area (Å²) in [4.78, 5) is 27.2. The number of rotatable bonds is 4. The van der Waals surface area contributed by atoms with Crippen LogP contribution in [0.1, 0.15) is 36.8 Å². The van der Waals surface area contributed by atoms with E-state index >= 15 is 0 Å². The van der Waals surface area contributed by atoms with Crippen molar-refractivity contribution in [3.05, 3.63) is 35.4 Å². The van der Waals surface area contributed by atoms with Gasteiger partial charge in [-0.05, 0) is 11.1 Å². The normalized spacial score (nSPS) is 21.3. The van der Waals surface area contributed by atoms with E-state index in [1.165, 1.54) is 11.1 Å². The molecular weight excluding hydrogens is 276 g/mol. The highest BCUT2D eigenvalue weighted by Gasteiger charge is 2.17. The minimum Gasteiger partial charge on any atom is -0.300 e. The molecule has 4 nitrogen and oxygen atoms in total. The first kappa shape index (κ1) is 15.4. The monoisotopic (exact) mass is 300 g/mol. The average Bonchev–Trinajstić information content (AvgIpc) is 2.54. The number of carbonyl (C=O) groups is 2. The van der Waals surface area contributed by atoms with Gasteiger partial charge in [0.25, 0.3) is 0 Å². The lowest BCUT2D eigenvalue weighted by atomic mass is 10.1. The quantitative estimate of drug-likeness (QED) is 0.853. The second-order valence-electron chi connectivity index (χ2n) is 6.45. The van der Waals surface area contributed by atoms with Crippen LogP contribution in [0, 0.1) is 0 Å². The Morgan fingerprint density at radius 3 is 1.27 bits per heavy atom. The van der Waals surface area contributed by atoms with Gasteiger partial charge >= 0.3 is 0 Å². The fourth-order valence-corrected chi connectivity index (χ4v) is 3.19. The number of hydrogen-bond acceptors (Lipinski definition) is 4. The van der Waals surface area contributed by atoms with E-state index in [0.717, 1.165) is 39.3 Å². The largest absolute Gasteiger partial charge is 0.300 e. The van der Waals surface area contributed by atoms with Gasteiger partial charge in [-0.15, -0.1) is 0 Å². The number of likely N-dealkylation sites (tertiary alicyclic amines) is 2. The molecule has 118 valence electrons. The van der Waals surface area contributed by atoms with E-state index in [2.05, 4.69) is 34.1 Å². The highest BCUT2D eigenvalue weighted by molar-refractivity contribution is 5.79. The van der Waals surface area contributed by atoms with Gasteiger partial charge in [0.15, 0.2) is 0 Å². The van der Waals surface area contributed by atoms with Gasteiger partial charge in [0.05, 0.1) is 0 Å². The molecule has 0 aromatic heterocycles.